The first-order chi connectivity index (χ1) is 12.3. The van der Waals surface area contributed by atoms with Gasteiger partial charge in [-0.05, 0) is 49.4 Å². The van der Waals surface area contributed by atoms with Gasteiger partial charge >= 0.3 is 6.18 Å². The number of nitrogens with two attached hydrogens (primary N) is 1. The molecule has 0 saturated heterocycles. The standard InChI is InChI=1S/C19H17F3N2O2/c1-12-17(9-10-25-16-7-5-15(23)6-8-16)24-18(26-12)13-3-2-4-14(11-13)19(20,21)22/h2-8,11H,9-10,23H2,1H3. The fraction of sp³-hybridized carbons (Fsp3) is 0.211. The van der Waals surface area contributed by atoms with E-state index in [0.29, 0.717) is 35.9 Å². The Morgan fingerprint density at radius 2 is 1.85 bits per heavy atom. The van der Waals surface area contributed by atoms with Gasteiger partial charge in [0.25, 0.3) is 0 Å². The molecule has 0 radical (unpaired) electrons. The third-order valence-electron chi connectivity index (χ3n) is 3.82. The Kier molecular flexibility index (Phi) is 4.88. The molecule has 3 aromatic rings. The van der Waals surface area contributed by atoms with Crippen LogP contribution in [0.1, 0.15) is 17.0 Å². The van der Waals surface area contributed by atoms with Crippen LogP contribution < -0.4 is 10.5 Å². The molecule has 0 amide bonds. The lowest BCUT2D eigenvalue weighted by molar-refractivity contribution is -0.137. The highest BCUT2D eigenvalue weighted by molar-refractivity contribution is 5.55. The van der Waals surface area contributed by atoms with Crippen molar-refractivity contribution in [2.45, 2.75) is 19.5 Å². The molecule has 2 aromatic carbocycles. The molecular weight excluding hydrogens is 345 g/mol. The largest absolute Gasteiger partial charge is 0.493 e. The van der Waals surface area contributed by atoms with Crippen molar-refractivity contribution in [2.24, 2.45) is 0 Å². The third-order valence-corrected chi connectivity index (χ3v) is 3.82. The van der Waals surface area contributed by atoms with Crippen LogP contribution >= 0.6 is 0 Å². The van der Waals surface area contributed by atoms with Crippen LogP contribution in [-0.4, -0.2) is 11.6 Å². The van der Waals surface area contributed by atoms with E-state index in [1.54, 1.807) is 31.2 Å². The number of hydrogen-bond donors (Lipinski definition) is 1. The molecule has 0 bridgehead atoms. The van der Waals surface area contributed by atoms with Gasteiger partial charge in [-0.1, -0.05) is 6.07 Å². The van der Waals surface area contributed by atoms with Gasteiger partial charge in [0.2, 0.25) is 5.89 Å². The van der Waals surface area contributed by atoms with Crippen molar-refractivity contribution in [1.82, 2.24) is 4.98 Å². The molecule has 26 heavy (non-hydrogen) atoms. The maximum Gasteiger partial charge on any atom is 0.416 e. The van der Waals surface area contributed by atoms with Gasteiger partial charge in [-0.3, -0.25) is 0 Å². The van der Waals surface area contributed by atoms with Crippen LogP contribution in [0.2, 0.25) is 0 Å². The van der Waals surface area contributed by atoms with Gasteiger partial charge in [0.05, 0.1) is 17.9 Å². The van der Waals surface area contributed by atoms with E-state index in [9.17, 15) is 13.2 Å². The molecule has 0 saturated carbocycles. The maximum atomic E-state index is 12.8. The lowest BCUT2D eigenvalue weighted by atomic mass is 10.1. The predicted octanol–water partition coefficient (Wildman–Crippen LogP) is 4.87. The number of rotatable bonds is 5. The van der Waals surface area contributed by atoms with Gasteiger partial charge < -0.3 is 14.9 Å². The first kappa shape index (κ1) is 17.8. The van der Waals surface area contributed by atoms with Crippen molar-refractivity contribution in [3.63, 3.8) is 0 Å². The van der Waals surface area contributed by atoms with Crippen LogP contribution in [0.3, 0.4) is 0 Å². The Bertz CT molecular complexity index is 887. The summed E-state index contributed by atoms with van der Waals surface area (Å²) in [6, 6.07) is 11.9. The topological polar surface area (TPSA) is 61.3 Å². The number of oxazole rings is 1. The zero-order chi connectivity index (χ0) is 18.7. The van der Waals surface area contributed by atoms with Crippen molar-refractivity contribution in [2.75, 3.05) is 12.3 Å². The lowest BCUT2D eigenvalue weighted by Gasteiger charge is -2.06. The number of aryl methyl sites for hydroxylation is 1. The van der Waals surface area contributed by atoms with Gasteiger partial charge in [-0.2, -0.15) is 13.2 Å². The highest BCUT2D eigenvalue weighted by Crippen LogP contribution is 2.32. The minimum Gasteiger partial charge on any atom is -0.493 e. The summed E-state index contributed by atoms with van der Waals surface area (Å²) >= 11 is 0. The minimum absolute atomic E-state index is 0.163. The van der Waals surface area contributed by atoms with E-state index in [0.717, 1.165) is 12.1 Å². The Hall–Kier alpha value is -2.96. The highest BCUT2D eigenvalue weighted by atomic mass is 19.4. The van der Waals surface area contributed by atoms with Crippen LogP contribution in [0.25, 0.3) is 11.5 Å². The van der Waals surface area contributed by atoms with Gasteiger partial charge in [0, 0.05) is 17.7 Å². The molecule has 1 aromatic heterocycles. The summed E-state index contributed by atoms with van der Waals surface area (Å²) in [6.07, 6.45) is -3.94. The number of alkyl halides is 3. The second kappa shape index (κ2) is 7.11. The molecular formula is C19H17F3N2O2. The SMILES string of the molecule is Cc1oc(-c2cccc(C(F)(F)F)c2)nc1CCOc1ccc(N)cc1. The summed E-state index contributed by atoms with van der Waals surface area (Å²) in [7, 11) is 0. The molecule has 0 atom stereocenters. The molecule has 0 aliphatic rings. The first-order valence-electron chi connectivity index (χ1n) is 7.95. The fourth-order valence-electron chi connectivity index (χ4n) is 2.44. The predicted molar refractivity (Wildman–Crippen MR) is 91.7 cm³/mol. The van der Waals surface area contributed by atoms with Crippen molar-refractivity contribution < 1.29 is 22.3 Å². The summed E-state index contributed by atoms with van der Waals surface area (Å²) in [5.74, 6) is 1.40. The zero-order valence-corrected chi connectivity index (χ0v) is 14.0. The molecule has 136 valence electrons. The second-order valence-corrected chi connectivity index (χ2v) is 5.77. The summed E-state index contributed by atoms with van der Waals surface area (Å²) in [4.78, 5) is 4.31. The average molecular weight is 362 g/mol. The number of aromatic nitrogens is 1. The van der Waals surface area contributed by atoms with E-state index < -0.39 is 11.7 Å². The molecule has 0 spiro atoms. The smallest absolute Gasteiger partial charge is 0.416 e. The average Bonchev–Trinajstić information content (AvgIpc) is 2.97. The Morgan fingerprint density at radius 1 is 1.12 bits per heavy atom. The number of ether oxygens (including phenoxy) is 1. The molecule has 7 heteroatoms. The van der Waals surface area contributed by atoms with Crippen molar-refractivity contribution in [1.29, 1.82) is 0 Å². The summed E-state index contributed by atoms with van der Waals surface area (Å²) in [6.45, 7) is 2.09. The Balaban J connectivity index is 1.70. The quantitative estimate of drug-likeness (QED) is 0.658. The first-order valence-corrected chi connectivity index (χ1v) is 7.95. The van der Waals surface area contributed by atoms with E-state index in [1.165, 1.54) is 12.1 Å². The number of hydrogen-bond acceptors (Lipinski definition) is 4. The molecule has 2 N–H and O–H groups in total. The van der Waals surface area contributed by atoms with Crippen molar-refractivity contribution in [3.8, 4) is 17.2 Å². The lowest BCUT2D eigenvalue weighted by Crippen LogP contribution is -2.04. The van der Waals surface area contributed by atoms with Crippen molar-refractivity contribution >= 4 is 5.69 Å². The molecule has 0 unspecified atom stereocenters. The molecule has 0 aliphatic carbocycles. The van der Waals surface area contributed by atoms with E-state index >= 15 is 0 Å². The van der Waals surface area contributed by atoms with Crippen LogP contribution in [0.4, 0.5) is 18.9 Å². The number of halogens is 3. The van der Waals surface area contributed by atoms with E-state index in [2.05, 4.69) is 4.98 Å². The summed E-state index contributed by atoms with van der Waals surface area (Å²) in [5.41, 5.74) is 6.46. The normalized spacial score (nSPS) is 11.5. The Labute approximate surface area is 148 Å². The van der Waals surface area contributed by atoms with E-state index in [-0.39, 0.29) is 11.5 Å². The summed E-state index contributed by atoms with van der Waals surface area (Å²) in [5, 5.41) is 0. The molecule has 0 fully saturated rings. The van der Waals surface area contributed by atoms with E-state index in [1.807, 2.05) is 0 Å². The number of nitrogen functional groups attached to an aromatic ring is 1. The number of benzene rings is 2. The molecule has 3 rings (SSSR count). The van der Waals surface area contributed by atoms with Gasteiger partial charge in [-0.15, -0.1) is 0 Å². The number of nitrogens with zero attached hydrogens (tertiary/aromatic N) is 1. The molecule has 4 nitrogen and oxygen atoms in total. The fourth-order valence-corrected chi connectivity index (χ4v) is 2.44. The van der Waals surface area contributed by atoms with Gasteiger partial charge in [0.1, 0.15) is 11.5 Å². The maximum absolute atomic E-state index is 12.8. The molecule has 0 aliphatic heterocycles. The third kappa shape index (κ3) is 4.17. The minimum atomic E-state index is -4.41. The summed E-state index contributed by atoms with van der Waals surface area (Å²) < 4.78 is 49.7. The van der Waals surface area contributed by atoms with Gasteiger partial charge in [0.15, 0.2) is 0 Å². The van der Waals surface area contributed by atoms with Crippen LogP contribution in [-0.2, 0) is 12.6 Å². The van der Waals surface area contributed by atoms with Crippen LogP contribution in [0.15, 0.2) is 52.9 Å². The monoisotopic (exact) mass is 362 g/mol. The van der Waals surface area contributed by atoms with Gasteiger partial charge in [-0.25, -0.2) is 4.98 Å². The zero-order valence-electron chi connectivity index (χ0n) is 14.0. The Morgan fingerprint density at radius 3 is 2.54 bits per heavy atom. The van der Waals surface area contributed by atoms with Crippen LogP contribution in [0.5, 0.6) is 5.75 Å². The van der Waals surface area contributed by atoms with Crippen LogP contribution in [0, 0.1) is 6.92 Å². The van der Waals surface area contributed by atoms with E-state index in [4.69, 9.17) is 14.9 Å². The number of anilines is 1. The second-order valence-electron chi connectivity index (χ2n) is 5.77. The molecule has 1 heterocycles. The van der Waals surface area contributed by atoms with Crippen molar-refractivity contribution in [3.05, 3.63) is 65.5 Å². The highest BCUT2D eigenvalue weighted by Gasteiger charge is 2.30.